The second kappa shape index (κ2) is 7.53. The smallest absolute Gasteiger partial charge is 0.119 e. The molecule has 0 saturated heterocycles. The molecule has 2 N–H and O–H groups in total. The molecule has 0 saturated carbocycles. The monoisotopic (exact) mass is 272 g/mol. The predicted octanol–water partition coefficient (Wildman–Crippen LogP) is 4.02. The first-order chi connectivity index (χ1) is 9.53. The second-order valence-corrected chi connectivity index (χ2v) is 4.71. The number of benzene rings is 1. The summed E-state index contributed by atoms with van der Waals surface area (Å²) in [5, 5.41) is 11.1. The highest BCUT2D eigenvalue weighted by Crippen LogP contribution is 2.21. The molecule has 3 nitrogen and oxygen atoms in total. The highest BCUT2D eigenvalue weighted by molar-refractivity contribution is 6.00. The van der Waals surface area contributed by atoms with Gasteiger partial charge in [0.15, 0.2) is 0 Å². The Bertz CT molecular complexity index is 542. The van der Waals surface area contributed by atoms with Gasteiger partial charge in [-0.1, -0.05) is 24.6 Å². The molecule has 1 aromatic carbocycles. The van der Waals surface area contributed by atoms with Crippen LogP contribution >= 0.6 is 0 Å². The van der Waals surface area contributed by atoms with Gasteiger partial charge in [0.25, 0.3) is 0 Å². The van der Waals surface area contributed by atoms with E-state index in [1.807, 2.05) is 44.3 Å². The summed E-state index contributed by atoms with van der Waals surface area (Å²) in [4.78, 5) is 0. The first kappa shape index (κ1) is 16.0. The van der Waals surface area contributed by atoms with Crippen LogP contribution in [0.25, 0.3) is 5.70 Å². The van der Waals surface area contributed by atoms with Crippen LogP contribution < -0.4 is 10.1 Å². The van der Waals surface area contributed by atoms with Gasteiger partial charge in [-0.05, 0) is 44.1 Å². The molecule has 0 spiro atoms. The van der Waals surface area contributed by atoms with Crippen molar-refractivity contribution in [1.82, 2.24) is 5.32 Å². The predicted molar refractivity (Wildman–Crippen MR) is 86.4 cm³/mol. The van der Waals surface area contributed by atoms with Gasteiger partial charge in [0, 0.05) is 24.0 Å². The summed E-state index contributed by atoms with van der Waals surface area (Å²) < 4.78 is 5.26. The van der Waals surface area contributed by atoms with Crippen molar-refractivity contribution in [2.75, 3.05) is 14.2 Å². The van der Waals surface area contributed by atoms with Crippen molar-refractivity contribution in [3.63, 3.8) is 0 Å². The summed E-state index contributed by atoms with van der Waals surface area (Å²) in [6.45, 7) is 6.00. The fourth-order valence-electron chi connectivity index (χ4n) is 1.98. The van der Waals surface area contributed by atoms with Crippen LogP contribution in [0.3, 0.4) is 0 Å². The minimum Gasteiger partial charge on any atom is -0.497 e. The van der Waals surface area contributed by atoms with Gasteiger partial charge in [0.05, 0.1) is 7.11 Å². The van der Waals surface area contributed by atoms with E-state index in [0.717, 1.165) is 29.0 Å². The van der Waals surface area contributed by atoms with E-state index in [1.165, 1.54) is 5.57 Å². The summed E-state index contributed by atoms with van der Waals surface area (Å²) in [5.41, 5.74) is 4.82. The molecule has 0 aliphatic heterocycles. The Balaban J connectivity index is 3.29. The number of allylic oxidation sites excluding steroid dienone is 3. The zero-order valence-electron chi connectivity index (χ0n) is 13.0. The molecule has 0 fully saturated rings. The van der Waals surface area contributed by atoms with E-state index in [9.17, 15) is 0 Å². The summed E-state index contributed by atoms with van der Waals surface area (Å²) in [5.74, 6) is 0.827. The second-order valence-electron chi connectivity index (χ2n) is 4.71. The lowest BCUT2D eigenvalue weighted by atomic mass is 10.00. The first-order valence-electron chi connectivity index (χ1n) is 6.82. The molecule has 0 aliphatic rings. The van der Waals surface area contributed by atoms with Gasteiger partial charge in [-0.15, -0.1) is 0 Å². The van der Waals surface area contributed by atoms with E-state index in [2.05, 4.69) is 19.2 Å². The molecule has 0 amide bonds. The Kier molecular flexibility index (Phi) is 6.04. The fraction of sp³-hybridized carbons (Fsp3) is 0.353. The summed E-state index contributed by atoms with van der Waals surface area (Å²) >= 11 is 0. The Hall–Kier alpha value is -2.03. The molecule has 0 aromatic heterocycles. The number of ether oxygens (including phenoxy) is 1. The quantitative estimate of drug-likeness (QED) is 0.607. The standard InChI is InChI=1S/C17H24N2O/c1-6-12(2)16(13(3)18)11-17(19-4)14-8-7-9-15(10-14)20-5/h7-11,18-19H,6H2,1-5H3/b16-12-,17-11-,18-13?. The topological polar surface area (TPSA) is 45.1 Å². The lowest BCUT2D eigenvalue weighted by molar-refractivity contribution is 0.414. The molecule has 1 aromatic rings. The molecule has 0 bridgehead atoms. The van der Waals surface area contributed by atoms with Gasteiger partial charge in [-0.25, -0.2) is 0 Å². The van der Waals surface area contributed by atoms with Crippen molar-refractivity contribution in [2.45, 2.75) is 27.2 Å². The average molecular weight is 272 g/mol. The third-order valence-corrected chi connectivity index (χ3v) is 3.33. The van der Waals surface area contributed by atoms with E-state index in [0.29, 0.717) is 5.71 Å². The molecule has 20 heavy (non-hydrogen) atoms. The summed E-state index contributed by atoms with van der Waals surface area (Å²) in [6, 6.07) is 7.91. The van der Waals surface area contributed by atoms with Crippen molar-refractivity contribution in [2.24, 2.45) is 0 Å². The lowest BCUT2D eigenvalue weighted by Crippen LogP contribution is -2.07. The van der Waals surface area contributed by atoms with Crippen LogP contribution in [0.15, 0.2) is 41.5 Å². The first-order valence-corrected chi connectivity index (χ1v) is 6.82. The number of hydrogen-bond acceptors (Lipinski definition) is 3. The third-order valence-electron chi connectivity index (χ3n) is 3.33. The van der Waals surface area contributed by atoms with Crippen LogP contribution in [0.1, 0.15) is 32.8 Å². The van der Waals surface area contributed by atoms with E-state index in [1.54, 1.807) is 7.11 Å². The maximum absolute atomic E-state index is 7.94. The van der Waals surface area contributed by atoms with Gasteiger partial charge in [0.2, 0.25) is 0 Å². The van der Waals surface area contributed by atoms with Crippen molar-refractivity contribution >= 4 is 11.4 Å². The molecule has 0 heterocycles. The molecule has 3 heteroatoms. The van der Waals surface area contributed by atoms with Crippen LogP contribution in [0.4, 0.5) is 0 Å². The minimum absolute atomic E-state index is 0.583. The molecular weight excluding hydrogens is 248 g/mol. The molecular formula is C17H24N2O. The lowest BCUT2D eigenvalue weighted by Gasteiger charge is -2.12. The zero-order valence-corrected chi connectivity index (χ0v) is 13.0. The Morgan fingerprint density at radius 2 is 2.05 bits per heavy atom. The van der Waals surface area contributed by atoms with E-state index < -0.39 is 0 Å². The SMILES string of the molecule is CC/C(C)=C(/C=C(\NC)c1cccc(OC)c1)C(C)=N. The van der Waals surface area contributed by atoms with Gasteiger partial charge in [-0.2, -0.15) is 0 Å². The summed E-state index contributed by atoms with van der Waals surface area (Å²) in [7, 11) is 3.56. The van der Waals surface area contributed by atoms with Crippen molar-refractivity contribution in [3.05, 3.63) is 47.1 Å². The normalized spacial score (nSPS) is 12.8. The average Bonchev–Trinajstić information content (AvgIpc) is 2.47. The molecule has 1 rings (SSSR count). The van der Waals surface area contributed by atoms with Gasteiger partial charge < -0.3 is 15.5 Å². The van der Waals surface area contributed by atoms with Gasteiger partial charge >= 0.3 is 0 Å². The maximum atomic E-state index is 7.94. The van der Waals surface area contributed by atoms with E-state index >= 15 is 0 Å². The van der Waals surface area contributed by atoms with Gasteiger partial charge in [0.1, 0.15) is 5.75 Å². The maximum Gasteiger partial charge on any atom is 0.119 e. The molecule has 0 atom stereocenters. The van der Waals surface area contributed by atoms with E-state index in [4.69, 9.17) is 10.1 Å². The molecule has 0 radical (unpaired) electrons. The Morgan fingerprint density at radius 1 is 1.35 bits per heavy atom. The van der Waals surface area contributed by atoms with Gasteiger partial charge in [-0.3, -0.25) is 0 Å². The third kappa shape index (κ3) is 3.98. The minimum atomic E-state index is 0.583. The van der Waals surface area contributed by atoms with Crippen molar-refractivity contribution in [1.29, 1.82) is 5.41 Å². The zero-order chi connectivity index (χ0) is 15.1. The van der Waals surface area contributed by atoms with Crippen LogP contribution in [0, 0.1) is 5.41 Å². The molecule has 0 aliphatic carbocycles. The van der Waals surface area contributed by atoms with E-state index in [-0.39, 0.29) is 0 Å². The van der Waals surface area contributed by atoms with Crippen molar-refractivity contribution < 1.29 is 4.74 Å². The number of nitrogens with one attached hydrogen (secondary N) is 2. The molecule has 108 valence electrons. The summed E-state index contributed by atoms with van der Waals surface area (Å²) in [6.07, 6.45) is 2.98. The number of hydrogen-bond donors (Lipinski definition) is 2. The van der Waals surface area contributed by atoms with Crippen molar-refractivity contribution in [3.8, 4) is 5.75 Å². The van der Waals surface area contributed by atoms with Crippen LogP contribution in [0.2, 0.25) is 0 Å². The highest BCUT2D eigenvalue weighted by atomic mass is 16.5. The van der Waals surface area contributed by atoms with Crippen LogP contribution in [-0.2, 0) is 0 Å². The fourth-order valence-corrected chi connectivity index (χ4v) is 1.98. The highest BCUT2D eigenvalue weighted by Gasteiger charge is 2.06. The molecule has 0 unspecified atom stereocenters. The number of rotatable bonds is 6. The number of methoxy groups -OCH3 is 1. The van der Waals surface area contributed by atoms with Crippen LogP contribution in [0.5, 0.6) is 5.75 Å². The largest absolute Gasteiger partial charge is 0.497 e. The Labute approximate surface area is 121 Å². The van der Waals surface area contributed by atoms with Crippen LogP contribution in [-0.4, -0.2) is 19.9 Å². The Morgan fingerprint density at radius 3 is 2.55 bits per heavy atom.